The lowest BCUT2D eigenvalue weighted by molar-refractivity contribution is 0.303. The largest absolute Gasteiger partial charge is 0.490 e. The van der Waals surface area contributed by atoms with Gasteiger partial charge in [-0.25, -0.2) is 9.97 Å². The molecular formula is C18H16N6O3. The van der Waals surface area contributed by atoms with Gasteiger partial charge in [-0.1, -0.05) is 5.10 Å². The van der Waals surface area contributed by atoms with Crippen LogP contribution >= 0.6 is 0 Å². The van der Waals surface area contributed by atoms with Crippen molar-refractivity contribution in [1.82, 2.24) is 25.1 Å². The zero-order chi connectivity index (χ0) is 18.2. The maximum Gasteiger partial charge on any atom is 0.322 e. The molecular weight excluding hydrogens is 348 g/mol. The average molecular weight is 364 g/mol. The normalized spacial score (nSPS) is 13.7. The molecule has 9 nitrogen and oxygen atoms in total. The molecule has 9 heteroatoms. The van der Waals surface area contributed by atoms with E-state index in [9.17, 15) is 0 Å². The smallest absolute Gasteiger partial charge is 0.322 e. The van der Waals surface area contributed by atoms with Crippen LogP contribution in [0.2, 0.25) is 0 Å². The standard InChI is InChI=1S/C18H16N6O3/c1-25-16-14-13(8-9-19-16)20-17(21-14)22-18-24-23-15(27-18)10-2-4-11(5-3-10)26-12-6-7-12/h2-5,8-9,12H,6-7H2,1H3,(H2,20,21,22,24). The van der Waals surface area contributed by atoms with Crippen molar-refractivity contribution in [1.29, 1.82) is 0 Å². The van der Waals surface area contributed by atoms with Gasteiger partial charge >= 0.3 is 6.01 Å². The highest BCUT2D eigenvalue weighted by atomic mass is 16.5. The van der Waals surface area contributed by atoms with Gasteiger partial charge in [-0.3, -0.25) is 5.32 Å². The van der Waals surface area contributed by atoms with Gasteiger partial charge in [0.15, 0.2) is 5.52 Å². The molecule has 0 spiro atoms. The number of aromatic nitrogens is 5. The number of pyridine rings is 1. The molecule has 0 aliphatic heterocycles. The highest BCUT2D eigenvalue weighted by Gasteiger charge is 2.23. The summed E-state index contributed by atoms with van der Waals surface area (Å²) in [5, 5.41) is 11.1. The molecule has 27 heavy (non-hydrogen) atoms. The van der Waals surface area contributed by atoms with Gasteiger partial charge in [0.1, 0.15) is 5.75 Å². The summed E-state index contributed by atoms with van der Waals surface area (Å²) < 4.78 is 16.6. The van der Waals surface area contributed by atoms with Gasteiger partial charge in [0.25, 0.3) is 0 Å². The van der Waals surface area contributed by atoms with Crippen molar-refractivity contribution in [2.75, 3.05) is 12.4 Å². The first-order chi connectivity index (χ1) is 13.3. The van der Waals surface area contributed by atoms with Crippen molar-refractivity contribution in [2.24, 2.45) is 0 Å². The van der Waals surface area contributed by atoms with Gasteiger partial charge in [0.05, 0.1) is 18.7 Å². The second kappa shape index (κ2) is 6.27. The fourth-order valence-electron chi connectivity index (χ4n) is 2.67. The molecule has 0 radical (unpaired) electrons. The Morgan fingerprint density at radius 2 is 2.00 bits per heavy atom. The van der Waals surface area contributed by atoms with Crippen molar-refractivity contribution >= 4 is 23.0 Å². The first-order valence-electron chi connectivity index (χ1n) is 8.55. The lowest BCUT2D eigenvalue weighted by Gasteiger charge is -2.03. The Morgan fingerprint density at radius 1 is 1.15 bits per heavy atom. The van der Waals surface area contributed by atoms with Gasteiger partial charge in [-0.15, -0.1) is 5.10 Å². The zero-order valence-corrected chi connectivity index (χ0v) is 14.5. The van der Waals surface area contributed by atoms with Crippen molar-refractivity contribution in [2.45, 2.75) is 18.9 Å². The fourth-order valence-corrected chi connectivity index (χ4v) is 2.67. The summed E-state index contributed by atoms with van der Waals surface area (Å²) in [4.78, 5) is 11.6. The van der Waals surface area contributed by atoms with Gasteiger partial charge < -0.3 is 18.9 Å². The Morgan fingerprint density at radius 3 is 2.78 bits per heavy atom. The summed E-state index contributed by atoms with van der Waals surface area (Å²) >= 11 is 0. The number of hydrogen-bond acceptors (Lipinski definition) is 8. The van der Waals surface area contributed by atoms with Gasteiger partial charge in [-0.05, 0) is 43.2 Å². The molecule has 1 aliphatic carbocycles. The van der Waals surface area contributed by atoms with Crippen molar-refractivity contribution in [3.63, 3.8) is 0 Å². The second-order valence-corrected chi connectivity index (χ2v) is 6.18. The third-order valence-corrected chi connectivity index (χ3v) is 4.14. The molecule has 4 aromatic rings. The van der Waals surface area contributed by atoms with E-state index in [0.29, 0.717) is 29.3 Å². The van der Waals surface area contributed by atoms with Crippen LogP contribution in [0.4, 0.5) is 12.0 Å². The number of aromatic amines is 1. The van der Waals surface area contributed by atoms with Crippen LogP contribution in [0.15, 0.2) is 40.9 Å². The molecule has 0 unspecified atom stereocenters. The number of nitrogens with one attached hydrogen (secondary N) is 2. The Kier molecular flexibility index (Phi) is 3.63. The minimum atomic E-state index is 0.231. The topological polar surface area (TPSA) is 111 Å². The maximum atomic E-state index is 5.74. The van der Waals surface area contributed by atoms with E-state index in [4.69, 9.17) is 13.9 Å². The van der Waals surface area contributed by atoms with E-state index in [1.807, 2.05) is 24.3 Å². The number of imidazole rings is 1. The van der Waals surface area contributed by atoms with E-state index in [2.05, 4.69) is 30.5 Å². The van der Waals surface area contributed by atoms with Gasteiger partial charge in [0.2, 0.25) is 17.7 Å². The first-order valence-corrected chi connectivity index (χ1v) is 8.55. The molecule has 3 aromatic heterocycles. The average Bonchev–Trinajstić information content (AvgIpc) is 3.22. The first kappa shape index (κ1) is 15.6. The molecule has 3 heterocycles. The highest BCUT2D eigenvalue weighted by Crippen LogP contribution is 2.29. The SMILES string of the molecule is COc1nccc2[nH]c(Nc3nnc(-c4ccc(OC5CC5)cc4)o3)nc12. The van der Waals surface area contributed by atoms with Crippen LogP contribution in [0.3, 0.4) is 0 Å². The fraction of sp³-hybridized carbons (Fsp3) is 0.222. The summed E-state index contributed by atoms with van der Waals surface area (Å²) in [6, 6.07) is 9.64. The summed E-state index contributed by atoms with van der Waals surface area (Å²) in [6.07, 6.45) is 4.27. The Hall–Kier alpha value is -3.62. The molecule has 0 atom stereocenters. The predicted molar refractivity (Wildman–Crippen MR) is 97.1 cm³/mol. The number of rotatable bonds is 6. The van der Waals surface area contributed by atoms with Gasteiger partial charge in [0, 0.05) is 11.8 Å². The van der Waals surface area contributed by atoms with Crippen molar-refractivity contribution in [3.8, 4) is 23.1 Å². The van der Waals surface area contributed by atoms with Crippen LogP contribution in [0.25, 0.3) is 22.5 Å². The number of benzene rings is 1. The van der Waals surface area contributed by atoms with E-state index >= 15 is 0 Å². The molecule has 1 aliphatic rings. The lowest BCUT2D eigenvalue weighted by atomic mass is 10.2. The number of ether oxygens (including phenoxy) is 2. The summed E-state index contributed by atoms with van der Waals surface area (Å²) in [5.41, 5.74) is 2.22. The highest BCUT2D eigenvalue weighted by molar-refractivity contribution is 5.82. The van der Waals surface area contributed by atoms with E-state index in [-0.39, 0.29) is 6.01 Å². The van der Waals surface area contributed by atoms with Crippen LogP contribution < -0.4 is 14.8 Å². The summed E-state index contributed by atoms with van der Waals surface area (Å²) in [5.74, 6) is 2.16. The van der Waals surface area contributed by atoms with Crippen molar-refractivity contribution < 1.29 is 13.9 Å². The number of fused-ring (bicyclic) bond motifs is 1. The Bertz CT molecular complexity index is 1080. The number of methoxy groups -OCH3 is 1. The summed E-state index contributed by atoms with van der Waals surface area (Å²) in [7, 11) is 1.55. The minimum absolute atomic E-state index is 0.231. The molecule has 5 rings (SSSR count). The molecule has 0 saturated heterocycles. The van der Waals surface area contributed by atoms with E-state index in [1.165, 1.54) is 0 Å². The Balaban J connectivity index is 1.34. The van der Waals surface area contributed by atoms with E-state index in [0.717, 1.165) is 29.7 Å². The molecule has 1 aromatic carbocycles. The van der Waals surface area contributed by atoms with E-state index < -0.39 is 0 Å². The minimum Gasteiger partial charge on any atom is -0.490 e. The summed E-state index contributed by atoms with van der Waals surface area (Å²) in [6.45, 7) is 0. The molecule has 1 fully saturated rings. The number of H-pyrrole nitrogens is 1. The number of anilines is 2. The monoisotopic (exact) mass is 364 g/mol. The Labute approximate surface area is 153 Å². The third kappa shape index (κ3) is 3.14. The van der Waals surface area contributed by atoms with Crippen LogP contribution in [0.1, 0.15) is 12.8 Å². The zero-order valence-electron chi connectivity index (χ0n) is 14.5. The second-order valence-electron chi connectivity index (χ2n) is 6.18. The molecule has 2 N–H and O–H groups in total. The molecule has 0 amide bonds. The quantitative estimate of drug-likeness (QED) is 0.536. The predicted octanol–water partition coefficient (Wildman–Crippen LogP) is 3.30. The van der Waals surface area contributed by atoms with Gasteiger partial charge in [-0.2, -0.15) is 0 Å². The van der Waals surface area contributed by atoms with Crippen molar-refractivity contribution in [3.05, 3.63) is 36.5 Å². The van der Waals surface area contributed by atoms with Crippen LogP contribution in [0, 0.1) is 0 Å². The molecule has 136 valence electrons. The third-order valence-electron chi connectivity index (χ3n) is 4.14. The van der Waals surface area contributed by atoms with Crippen LogP contribution in [-0.4, -0.2) is 38.4 Å². The number of nitrogens with zero attached hydrogens (tertiary/aromatic N) is 4. The van der Waals surface area contributed by atoms with Crippen LogP contribution in [-0.2, 0) is 0 Å². The van der Waals surface area contributed by atoms with Crippen LogP contribution in [0.5, 0.6) is 11.6 Å². The number of hydrogen-bond donors (Lipinski definition) is 2. The maximum absolute atomic E-state index is 5.74. The molecule has 0 bridgehead atoms. The molecule has 1 saturated carbocycles. The van der Waals surface area contributed by atoms with E-state index in [1.54, 1.807) is 19.4 Å². The lowest BCUT2D eigenvalue weighted by Crippen LogP contribution is -1.95.